The molecule has 0 spiro atoms. The molecule has 1 N–H and O–H groups in total. The molecule has 3 aromatic heterocycles. The Morgan fingerprint density at radius 3 is 1.79 bits per heavy atom. The van der Waals surface area contributed by atoms with Gasteiger partial charge in [0.05, 0.1) is 34.7 Å². The van der Waals surface area contributed by atoms with E-state index in [0.717, 1.165) is 83.8 Å². The van der Waals surface area contributed by atoms with Gasteiger partial charge in [0.1, 0.15) is 47.4 Å². The van der Waals surface area contributed by atoms with Crippen LogP contribution >= 0.6 is 34.4 Å². The number of aliphatic carboxylic acids is 1. The normalized spacial score (nSPS) is 12.3. The number of carboxylic acids is 1. The van der Waals surface area contributed by atoms with E-state index in [1.807, 2.05) is 30.3 Å². The van der Waals surface area contributed by atoms with Gasteiger partial charge in [-0.25, -0.2) is 4.79 Å². The van der Waals surface area contributed by atoms with E-state index in [4.69, 9.17) is 27.7 Å². The van der Waals surface area contributed by atoms with Crippen LogP contribution in [0.2, 0.25) is 0 Å². The zero-order chi connectivity index (χ0) is 43.5. The second kappa shape index (κ2) is 20.8. The molecule has 13 heteroatoms. The number of benzene rings is 4. The highest BCUT2D eigenvalue weighted by molar-refractivity contribution is 7.25. The van der Waals surface area contributed by atoms with Gasteiger partial charge < -0.3 is 29.0 Å². The van der Waals surface area contributed by atoms with Gasteiger partial charge in [-0.3, -0.25) is 0 Å². The van der Waals surface area contributed by atoms with Gasteiger partial charge in [-0.05, 0) is 97.3 Å². The van der Waals surface area contributed by atoms with E-state index in [1.54, 1.807) is 12.1 Å². The van der Waals surface area contributed by atoms with Crippen LogP contribution in [0, 0.1) is 11.3 Å². The average molecular weight is 897 g/mol. The van der Waals surface area contributed by atoms with Gasteiger partial charge in [-0.15, -0.1) is 22.7 Å². The second-order valence-electron chi connectivity index (χ2n) is 15.1. The number of aromatic nitrogens is 2. The summed E-state index contributed by atoms with van der Waals surface area (Å²) >= 11 is 4.09. The van der Waals surface area contributed by atoms with E-state index in [-0.39, 0.29) is 5.57 Å². The molecule has 0 saturated heterocycles. The van der Waals surface area contributed by atoms with Crippen molar-refractivity contribution in [2.24, 2.45) is 0 Å². The number of thiophene rings is 2. The third kappa shape index (κ3) is 10.0. The molecule has 10 nitrogen and oxygen atoms in total. The Morgan fingerprint density at radius 1 is 0.698 bits per heavy atom. The van der Waals surface area contributed by atoms with Crippen LogP contribution in [0.3, 0.4) is 0 Å². The Morgan fingerprint density at radius 2 is 1.24 bits per heavy atom. The van der Waals surface area contributed by atoms with E-state index in [1.165, 1.54) is 79.0 Å². The molecule has 0 bridgehead atoms. The molecule has 0 unspecified atom stereocenters. The van der Waals surface area contributed by atoms with Crippen molar-refractivity contribution >= 4 is 74.5 Å². The highest BCUT2D eigenvalue weighted by Gasteiger charge is 2.29. The van der Waals surface area contributed by atoms with Gasteiger partial charge >= 0.3 is 5.97 Å². The molecule has 7 aromatic rings. The lowest BCUT2D eigenvalue weighted by atomic mass is 10.00. The fourth-order valence-electron chi connectivity index (χ4n) is 7.47. The highest BCUT2D eigenvalue weighted by atomic mass is 32.1. The minimum absolute atomic E-state index is 0.324. The Kier molecular flexibility index (Phi) is 14.3. The van der Waals surface area contributed by atoms with Gasteiger partial charge in [0, 0.05) is 37.9 Å². The topological polar surface area (TPSA) is 127 Å². The molecule has 0 amide bonds. The van der Waals surface area contributed by atoms with Gasteiger partial charge in [0.15, 0.2) is 11.5 Å². The van der Waals surface area contributed by atoms with Crippen LogP contribution in [0.15, 0.2) is 103 Å². The van der Waals surface area contributed by atoms with Crippen LogP contribution in [0.4, 0.5) is 17.1 Å². The molecule has 63 heavy (non-hydrogen) atoms. The van der Waals surface area contributed by atoms with Crippen LogP contribution in [-0.2, 0) is 4.79 Å². The van der Waals surface area contributed by atoms with Gasteiger partial charge in [-0.2, -0.15) is 14.0 Å². The third-order valence-electron chi connectivity index (χ3n) is 10.7. The fourth-order valence-corrected chi connectivity index (χ4v) is 10.3. The lowest BCUT2D eigenvalue weighted by Crippen LogP contribution is -2.14. The van der Waals surface area contributed by atoms with Gasteiger partial charge in [0.25, 0.3) is 0 Å². The number of hydrogen-bond donors (Lipinski definition) is 1. The molecule has 4 heterocycles. The Balaban J connectivity index is 1.08. The minimum atomic E-state index is -1.26. The molecule has 0 saturated carbocycles. The summed E-state index contributed by atoms with van der Waals surface area (Å²) in [5, 5.41) is 18.7. The summed E-state index contributed by atoms with van der Waals surface area (Å²) in [6.07, 6.45) is 10.7. The number of unbranched alkanes of at least 4 members (excludes halogenated alkanes) is 6. The number of fused-ring (bicyclic) bond motifs is 2. The smallest absolute Gasteiger partial charge is 0.346 e. The zero-order valence-corrected chi connectivity index (χ0v) is 37.8. The molecule has 0 aliphatic carbocycles. The van der Waals surface area contributed by atoms with Gasteiger partial charge in [-0.1, -0.05) is 76.6 Å². The predicted molar refractivity (Wildman–Crippen MR) is 256 cm³/mol. The summed E-state index contributed by atoms with van der Waals surface area (Å²) in [6, 6.07) is 34.8. The predicted octanol–water partition coefficient (Wildman–Crippen LogP) is 14.0. The SMILES string of the molecule is CCCCCCOc1ccc(N(c2ccc(OCCCCCC)cc2)c2ccc(-c3ccc(-c4sc(-c5ccc(/C=C(/C#N)C(=O)O)s5)c5c4OCCO5)c4nsnc34)cc2)cc1. The second-order valence-corrected chi connectivity index (χ2v) is 17.8. The van der Waals surface area contributed by atoms with Crippen molar-refractivity contribution < 1.29 is 28.8 Å². The number of nitriles is 1. The van der Waals surface area contributed by atoms with Crippen molar-refractivity contribution in [3.05, 3.63) is 108 Å². The first-order valence-electron chi connectivity index (χ1n) is 21.4. The molecule has 4 aromatic carbocycles. The van der Waals surface area contributed by atoms with Crippen molar-refractivity contribution in [2.75, 3.05) is 31.3 Å². The molecule has 0 radical (unpaired) electrons. The first-order chi connectivity index (χ1) is 30.9. The highest BCUT2D eigenvalue weighted by Crippen LogP contribution is 2.56. The number of carboxylic acid groups (broad SMARTS) is 1. The van der Waals surface area contributed by atoms with Crippen molar-refractivity contribution in [2.45, 2.75) is 65.2 Å². The first-order valence-corrected chi connectivity index (χ1v) is 23.8. The van der Waals surface area contributed by atoms with Gasteiger partial charge in [0.2, 0.25) is 0 Å². The summed E-state index contributed by atoms with van der Waals surface area (Å²) in [5.74, 6) is 1.76. The molecule has 1 aliphatic rings. The van der Waals surface area contributed by atoms with E-state index in [2.05, 4.69) is 79.4 Å². The number of anilines is 3. The quantitative estimate of drug-likeness (QED) is 0.0449. The van der Waals surface area contributed by atoms with Crippen molar-refractivity contribution in [3.63, 3.8) is 0 Å². The number of nitrogens with zero attached hydrogens (tertiary/aromatic N) is 4. The maximum Gasteiger partial charge on any atom is 0.346 e. The maximum absolute atomic E-state index is 11.5. The summed E-state index contributed by atoms with van der Waals surface area (Å²) in [5.41, 5.74) is 7.11. The maximum atomic E-state index is 11.5. The Labute approximate surface area is 379 Å². The fraction of sp³-hybridized carbons (Fsp3) is 0.280. The van der Waals surface area contributed by atoms with Crippen molar-refractivity contribution in [1.29, 1.82) is 5.26 Å². The molecular formula is C50H48N4O6S3. The molecule has 322 valence electrons. The van der Waals surface area contributed by atoms with Crippen molar-refractivity contribution in [1.82, 2.24) is 8.75 Å². The van der Waals surface area contributed by atoms with Crippen LogP contribution in [0.1, 0.15) is 70.1 Å². The largest absolute Gasteiger partial charge is 0.494 e. The average Bonchev–Trinajstić information content (AvgIpc) is 4.09. The zero-order valence-electron chi connectivity index (χ0n) is 35.3. The monoisotopic (exact) mass is 896 g/mol. The molecule has 8 rings (SSSR count). The van der Waals surface area contributed by atoms with E-state index in [0.29, 0.717) is 42.8 Å². The lowest BCUT2D eigenvalue weighted by Gasteiger charge is -2.26. The summed E-state index contributed by atoms with van der Waals surface area (Å²) in [4.78, 5) is 17.0. The molecular weight excluding hydrogens is 849 g/mol. The van der Waals surface area contributed by atoms with Crippen LogP contribution in [0.5, 0.6) is 23.0 Å². The number of rotatable bonds is 20. The number of hydrogen-bond acceptors (Lipinski definition) is 12. The summed E-state index contributed by atoms with van der Waals surface area (Å²) < 4.78 is 34.2. The number of carbonyl (C=O) groups is 1. The standard InChI is InChI=1S/C50H48N4O6S3/c1-3-5-7-9-27-57-38-19-15-36(16-20-38)54(37-17-21-39(22-18-37)58-28-10-8-6-4-2)35-13-11-33(12-14-35)41-24-25-42(45-44(41)52-63-53-45)48-46-47(60-30-29-59-46)49(62-48)43-26-23-40(61-43)31-34(32-51)50(55)56/h11-26,31H,3-10,27-30H2,1-2H3,(H,55,56)/b34-31-. The lowest BCUT2D eigenvalue weighted by molar-refractivity contribution is -0.132. The Bertz CT molecular complexity index is 2660. The van der Waals surface area contributed by atoms with E-state index in [9.17, 15) is 15.2 Å². The number of ether oxygens (including phenoxy) is 4. The Hall–Kier alpha value is -6.20. The molecule has 1 aliphatic heterocycles. The molecule has 0 fully saturated rings. The van der Waals surface area contributed by atoms with Crippen molar-refractivity contribution in [3.8, 4) is 60.4 Å². The van der Waals surface area contributed by atoms with Crippen LogP contribution < -0.4 is 23.8 Å². The minimum Gasteiger partial charge on any atom is -0.494 e. The summed E-state index contributed by atoms with van der Waals surface area (Å²) in [7, 11) is 0. The van der Waals surface area contributed by atoms with Crippen LogP contribution in [-0.4, -0.2) is 46.3 Å². The summed E-state index contributed by atoms with van der Waals surface area (Å²) in [6.45, 7) is 6.67. The van der Waals surface area contributed by atoms with E-state index >= 15 is 0 Å². The third-order valence-corrected chi connectivity index (χ3v) is 13.6. The molecule has 0 atom stereocenters. The van der Waals surface area contributed by atoms with Crippen LogP contribution in [0.25, 0.3) is 48.4 Å². The van der Waals surface area contributed by atoms with E-state index < -0.39 is 5.97 Å². The first kappa shape index (κ1) is 43.4.